The van der Waals surface area contributed by atoms with Crippen LogP contribution in [0.25, 0.3) is 11.3 Å². The summed E-state index contributed by atoms with van der Waals surface area (Å²) in [5.41, 5.74) is 1.52. The molecule has 0 saturated carbocycles. The van der Waals surface area contributed by atoms with E-state index < -0.39 is 0 Å². The van der Waals surface area contributed by atoms with Crippen molar-refractivity contribution in [3.63, 3.8) is 0 Å². The summed E-state index contributed by atoms with van der Waals surface area (Å²) in [5, 5.41) is 15.5. The standard InChI is InChI=1S/C10H10N2O3S/c1-14-8-3-6(7-5-16-12-11-7)4-9(15-2)10(8)13/h3-5,13H,1-2H3. The normalized spacial score (nSPS) is 10.1. The molecule has 5 nitrogen and oxygen atoms in total. The van der Waals surface area contributed by atoms with Crippen molar-refractivity contribution in [3.8, 4) is 28.5 Å². The van der Waals surface area contributed by atoms with E-state index in [0.29, 0.717) is 11.5 Å². The number of rotatable bonds is 3. The molecule has 0 amide bonds. The molecule has 1 aromatic carbocycles. The molecule has 16 heavy (non-hydrogen) atoms. The molecule has 2 rings (SSSR count). The average molecular weight is 238 g/mol. The van der Waals surface area contributed by atoms with Crippen LogP contribution in [-0.2, 0) is 0 Å². The third-order valence-electron chi connectivity index (χ3n) is 2.14. The lowest BCUT2D eigenvalue weighted by molar-refractivity contribution is 0.340. The lowest BCUT2D eigenvalue weighted by atomic mass is 10.1. The number of phenolic OH excluding ortho intramolecular Hbond substituents is 1. The fourth-order valence-electron chi connectivity index (χ4n) is 1.33. The Morgan fingerprint density at radius 1 is 1.19 bits per heavy atom. The topological polar surface area (TPSA) is 64.5 Å². The van der Waals surface area contributed by atoms with Gasteiger partial charge in [-0.1, -0.05) is 4.49 Å². The van der Waals surface area contributed by atoms with Crippen molar-refractivity contribution in [1.82, 2.24) is 9.59 Å². The van der Waals surface area contributed by atoms with Crippen molar-refractivity contribution in [3.05, 3.63) is 17.5 Å². The number of hydrogen-bond donors (Lipinski definition) is 1. The number of methoxy groups -OCH3 is 2. The van der Waals surface area contributed by atoms with E-state index in [9.17, 15) is 5.11 Å². The molecule has 0 spiro atoms. The second kappa shape index (κ2) is 4.36. The van der Waals surface area contributed by atoms with Crippen molar-refractivity contribution < 1.29 is 14.6 Å². The number of benzene rings is 1. The molecule has 1 heterocycles. The van der Waals surface area contributed by atoms with Gasteiger partial charge in [0.2, 0.25) is 5.75 Å². The van der Waals surface area contributed by atoms with E-state index in [-0.39, 0.29) is 5.75 Å². The molecule has 1 aromatic heterocycles. The van der Waals surface area contributed by atoms with E-state index in [2.05, 4.69) is 9.59 Å². The van der Waals surface area contributed by atoms with Gasteiger partial charge in [0.1, 0.15) is 5.69 Å². The summed E-state index contributed by atoms with van der Waals surface area (Å²) in [5.74, 6) is 0.682. The molecular formula is C10H10N2O3S. The smallest absolute Gasteiger partial charge is 0.200 e. The third-order valence-corrected chi connectivity index (χ3v) is 2.64. The van der Waals surface area contributed by atoms with Gasteiger partial charge in [-0.25, -0.2) is 0 Å². The van der Waals surface area contributed by atoms with E-state index in [1.54, 1.807) is 12.1 Å². The number of aromatic nitrogens is 2. The average Bonchev–Trinajstić information content (AvgIpc) is 2.83. The Balaban J connectivity index is 2.56. The van der Waals surface area contributed by atoms with E-state index >= 15 is 0 Å². The van der Waals surface area contributed by atoms with Crippen LogP contribution in [0, 0.1) is 0 Å². The molecule has 0 aliphatic rings. The predicted molar refractivity (Wildman–Crippen MR) is 60.1 cm³/mol. The summed E-state index contributed by atoms with van der Waals surface area (Å²) in [7, 11) is 2.97. The molecule has 0 saturated heterocycles. The molecule has 1 N–H and O–H groups in total. The Bertz CT molecular complexity index is 460. The largest absolute Gasteiger partial charge is 0.502 e. The number of aromatic hydroxyl groups is 1. The predicted octanol–water partition coefficient (Wildman–Crippen LogP) is 1.93. The summed E-state index contributed by atoms with van der Waals surface area (Å²) in [4.78, 5) is 0. The van der Waals surface area contributed by atoms with Gasteiger partial charge in [-0.05, 0) is 23.7 Å². The second-order valence-corrected chi connectivity index (χ2v) is 3.63. The van der Waals surface area contributed by atoms with E-state index in [4.69, 9.17) is 9.47 Å². The maximum absolute atomic E-state index is 9.73. The van der Waals surface area contributed by atoms with E-state index in [1.165, 1.54) is 25.8 Å². The minimum Gasteiger partial charge on any atom is -0.502 e. The monoisotopic (exact) mass is 238 g/mol. The van der Waals surface area contributed by atoms with Crippen molar-refractivity contribution in [2.75, 3.05) is 14.2 Å². The Hall–Kier alpha value is -1.82. The molecule has 0 radical (unpaired) electrons. The third kappa shape index (κ3) is 1.79. The quantitative estimate of drug-likeness (QED) is 0.885. The maximum Gasteiger partial charge on any atom is 0.200 e. The van der Waals surface area contributed by atoms with Crippen LogP contribution < -0.4 is 9.47 Å². The minimum absolute atomic E-state index is 0.0167. The van der Waals surface area contributed by atoms with Crippen molar-refractivity contribution >= 4 is 11.5 Å². The maximum atomic E-state index is 9.73. The Kier molecular flexibility index (Phi) is 2.91. The highest BCUT2D eigenvalue weighted by molar-refractivity contribution is 7.03. The van der Waals surface area contributed by atoms with Gasteiger partial charge in [0.15, 0.2) is 11.5 Å². The highest BCUT2D eigenvalue weighted by Crippen LogP contribution is 2.39. The van der Waals surface area contributed by atoms with Gasteiger partial charge in [-0.2, -0.15) is 0 Å². The molecule has 0 fully saturated rings. The number of ether oxygens (including phenoxy) is 2. The zero-order chi connectivity index (χ0) is 11.5. The first-order valence-corrected chi connectivity index (χ1v) is 5.32. The van der Waals surface area contributed by atoms with Crippen LogP contribution in [0.3, 0.4) is 0 Å². The van der Waals surface area contributed by atoms with Crippen LogP contribution in [0.4, 0.5) is 0 Å². The summed E-state index contributed by atoms with van der Waals surface area (Å²) in [6.45, 7) is 0. The van der Waals surface area contributed by atoms with Gasteiger partial charge in [0.25, 0.3) is 0 Å². The molecule has 2 aromatic rings. The molecule has 84 valence electrons. The van der Waals surface area contributed by atoms with Crippen LogP contribution in [0.1, 0.15) is 0 Å². The zero-order valence-electron chi connectivity index (χ0n) is 8.80. The van der Waals surface area contributed by atoms with Gasteiger partial charge in [0.05, 0.1) is 14.2 Å². The lowest BCUT2D eigenvalue weighted by Gasteiger charge is -2.09. The summed E-state index contributed by atoms with van der Waals surface area (Å²) < 4.78 is 13.9. The van der Waals surface area contributed by atoms with Gasteiger partial charge < -0.3 is 14.6 Å². The van der Waals surface area contributed by atoms with Gasteiger partial charge in [-0.15, -0.1) is 5.10 Å². The van der Waals surface area contributed by atoms with Crippen molar-refractivity contribution in [1.29, 1.82) is 0 Å². The first-order chi connectivity index (χ1) is 7.76. The fourth-order valence-corrected chi connectivity index (χ4v) is 1.80. The van der Waals surface area contributed by atoms with Crippen LogP contribution in [-0.4, -0.2) is 28.9 Å². The number of hydrogen-bond acceptors (Lipinski definition) is 6. The van der Waals surface area contributed by atoms with Gasteiger partial charge >= 0.3 is 0 Å². The zero-order valence-corrected chi connectivity index (χ0v) is 9.61. The number of phenols is 1. The number of nitrogens with zero attached hydrogens (tertiary/aromatic N) is 2. The lowest BCUT2D eigenvalue weighted by Crippen LogP contribution is -1.90. The first-order valence-electron chi connectivity index (χ1n) is 4.48. The fraction of sp³-hybridized carbons (Fsp3) is 0.200. The Labute approximate surface area is 96.4 Å². The molecule has 0 aliphatic heterocycles. The second-order valence-electron chi connectivity index (χ2n) is 3.02. The van der Waals surface area contributed by atoms with Gasteiger partial charge in [0, 0.05) is 10.9 Å². The molecule has 0 atom stereocenters. The highest BCUT2D eigenvalue weighted by atomic mass is 32.1. The minimum atomic E-state index is -0.0167. The SMILES string of the molecule is COc1cc(-c2csnn2)cc(OC)c1O. The summed E-state index contributed by atoms with van der Waals surface area (Å²) >= 11 is 1.26. The Morgan fingerprint density at radius 2 is 1.81 bits per heavy atom. The van der Waals surface area contributed by atoms with Crippen LogP contribution in [0.15, 0.2) is 17.5 Å². The van der Waals surface area contributed by atoms with E-state index in [1.807, 2.05) is 5.38 Å². The summed E-state index contributed by atoms with van der Waals surface area (Å²) in [6, 6.07) is 3.38. The summed E-state index contributed by atoms with van der Waals surface area (Å²) in [6.07, 6.45) is 0. The van der Waals surface area contributed by atoms with Crippen LogP contribution in [0.2, 0.25) is 0 Å². The highest BCUT2D eigenvalue weighted by Gasteiger charge is 2.13. The van der Waals surface area contributed by atoms with Crippen LogP contribution >= 0.6 is 11.5 Å². The van der Waals surface area contributed by atoms with Crippen LogP contribution in [0.5, 0.6) is 17.2 Å². The van der Waals surface area contributed by atoms with E-state index in [0.717, 1.165) is 11.3 Å². The molecular weight excluding hydrogens is 228 g/mol. The molecule has 0 bridgehead atoms. The van der Waals surface area contributed by atoms with Gasteiger partial charge in [-0.3, -0.25) is 0 Å². The molecule has 0 aliphatic carbocycles. The van der Waals surface area contributed by atoms with Crippen molar-refractivity contribution in [2.24, 2.45) is 0 Å². The van der Waals surface area contributed by atoms with Crippen molar-refractivity contribution in [2.45, 2.75) is 0 Å². The molecule has 6 heteroatoms. The molecule has 0 unspecified atom stereocenters. The first kappa shape index (κ1) is 10.7. The Morgan fingerprint density at radius 3 is 2.25 bits per heavy atom.